The number of nitrogens with zero attached hydrogens (tertiary/aromatic N) is 1. The number of fused-ring (bicyclic) bond motifs is 1. The number of rotatable bonds is 2. The van der Waals surface area contributed by atoms with Gasteiger partial charge in [0.2, 0.25) is 5.91 Å². The summed E-state index contributed by atoms with van der Waals surface area (Å²) in [6, 6.07) is 0.356. The summed E-state index contributed by atoms with van der Waals surface area (Å²) in [5.74, 6) is 0.227. The topological polar surface area (TPSA) is 66.5 Å². The molecular formula is C11H20N2O3S. The molecule has 1 amide bonds. The molecule has 0 radical (unpaired) electrons. The second-order valence-corrected chi connectivity index (χ2v) is 8.17. The lowest BCUT2D eigenvalue weighted by Crippen LogP contribution is -2.49. The third kappa shape index (κ3) is 2.08. The monoisotopic (exact) mass is 260 g/mol. The lowest BCUT2D eigenvalue weighted by molar-refractivity contribution is -0.132. The Balaban J connectivity index is 2.12. The fourth-order valence-corrected chi connectivity index (χ4v) is 3.00. The maximum atomic E-state index is 12.3. The predicted molar refractivity (Wildman–Crippen MR) is 65.4 cm³/mol. The molecule has 1 N–H and O–H groups in total. The van der Waals surface area contributed by atoms with Gasteiger partial charge < -0.3 is 10.2 Å². The first kappa shape index (κ1) is 12.8. The molecule has 6 heteroatoms. The zero-order valence-electron chi connectivity index (χ0n) is 10.6. The SMILES string of the molecule is CC(C)(C(=O)N1C[C@@H]2CCN[C@@H]2C1)S(C)(=O)=O. The lowest BCUT2D eigenvalue weighted by atomic mass is 10.1. The summed E-state index contributed by atoms with van der Waals surface area (Å²) in [7, 11) is -3.37. The molecule has 5 nitrogen and oxygen atoms in total. The number of hydrogen-bond acceptors (Lipinski definition) is 4. The van der Waals surface area contributed by atoms with Gasteiger partial charge in [-0.1, -0.05) is 0 Å². The summed E-state index contributed by atoms with van der Waals surface area (Å²) < 4.78 is 22.0. The molecule has 0 aromatic heterocycles. The van der Waals surface area contributed by atoms with Gasteiger partial charge >= 0.3 is 0 Å². The van der Waals surface area contributed by atoms with Crippen molar-refractivity contribution < 1.29 is 13.2 Å². The summed E-state index contributed by atoms with van der Waals surface area (Å²) >= 11 is 0. The predicted octanol–water partition coefficient (Wildman–Crippen LogP) is -0.370. The average molecular weight is 260 g/mol. The van der Waals surface area contributed by atoms with Crippen molar-refractivity contribution in [1.29, 1.82) is 0 Å². The number of amides is 1. The minimum Gasteiger partial charge on any atom is -0.339 e. The Kier molecular flexibility index (Phi) is 2.98. The van der Waals surface area contributed by atoms with Gasteiger partial charge in [0.15, 0.2) is 9.84 Å². The molecule has 2 heterocycles. The third-order valence-corrected chi connectivity index (χ3v) is 6.12. The molecule has 0 aromatic rings. The molecule has 2 saturated heterocycles. The smallest absolute Gasteiger partial charge is 0.243 e. The van der Waals surface area contributed by atoms with Crippen molar-refractivity contribution in [3.63, 3.8) is 0 Å². The van der Waals surface area contributed by atoms with Gasteiger partial charge in [0.05, 0.1) is 0 Å². The Morgan fingerprint density at radius 1 is 1.35 bits per heavy atom. The van der Waals surface area contributed by atoms with Gasteiger partial charge in [0, 0.05) is 25.4 Å². The lowest BCUT2D eigenvalue weighted by Gasteiger charge is -2.28. The van der Waals surface area contributed by atoms with Gasteiger partial charge in [-0.3, -0.25) is 4.79 Å². The molecule has 2 atom stereocenters. The maximum absolute atomic E-state index is 12.3. The maximum Gasteiger partial charge on any atom is 0.243 e. The molecule has 0 bridgehead atoms. The molecule has 0 aliphatic carbocycles. The van der Waals surface area contributed by atoms with Crippen LogP contribution in [-0.2, 0) is 14.6 Å². The summed E-state index contributed by atoms with van der Waals surface area (Å²) in [4.78, 5) is 14.0. The molecular weight excluding hydrogens is 240 g/mol. The number of sulfone groups is 1. The van der Waals surface area contributed by atoms with E-state index in [2.05, 4.69) is 5.32 Å². The van der Waals surface area contributed by atoms with Gasteiger partial charge in [-0.2, -0.15) is 0 Å². The van der Waals surface area contributed by atoms with Gasteiger partial charge in [-0.15, -0.1) is 0 Å². The van der Waals surface area contributed by atoms with Gasteiger partial charge in [-0.05, 0) is 32.7 Å². The van der Waals surface area contributed by atoms with Crippen molar-refractivity contribution in [3.8, 4) is 0 Å². The molecule has 0 saturated carbocycles. The highest BCUT2D eigenvalue weighted by atomic mass is 32.2. The standard InChI is InChI=1S/C11H20N2O3S/c1-11(2,17(3,15)16)10(14)13-6-8-4-5-12-9(8)7-13/h8-9,12H,4-7H2,1-3H3/t8-,9+/m0/s1. The second kappa shape index (κ2) is 3.95. The Morgan fingerprint density at radius 2 is 2.00 bits per heavy atom. The van der Waals surface area contributed by atoms with Crippen LogP contribution in [0.1, 0.15) is 20.3 Å². The van der Waals surface area contributed by atoms with Crippen LogP contribution < -0.4 is 5.32 Å². The zero-order chi connectivity index (χ0) is 12.8. The van der Waals surface area contributed by atoms with E-state index in [0.717, 1.165) is 19.2 Å². The van der Waals surface area contributed by atoms with Crippen molar-refractivity contribution in [2.45, 2.75) is 31.1 Å². The highest BCUT2D eigenvalue weighted by Crippen LogP contribution is 2.28. The van der Waals surface area contributed by atoms with E-state index in [-0.39, 0.29) is 5.91 Å². The third-order valence-electron chi connectivity index (χ3n) is 4.09. The van der Waals surface area contributed by atoms with Crippen molar-refractivity contribution in [1.82, 2.24) is 10.2 Å². The molecule has 0 aromatic carbocycles. The summed E-state index contributed by atoms with van der Waals surface area (Å²) in [5.41, 5.74) is 0. The first-order valence-corrected chi connectivity index (χ1v) is 7.85. The molecule has 0 spiro atoms. The summed E-state index contributed by atoms with van der Waals surface area (Å²) in [5, 5.41) is 3.35. The zero-order valence-corrected chi connectivity index (χ0v) is 11.4. The summed E-state index contributed by atoms with van der Waals surface area (Å²) in [6.45, 7) is 5.32. The van der Waals surface area contributed by atoms with Crippen LogP contribution in [-0.4, -0.2) is 55.9 Å². The number of nitrogens with one attached hydrogen (secondary N) is 1. The fourth-order valence-electron chi connectivity index (χ4n) is 2.55. The molecule has 2 fully saturated rings. The normalized spacial score (nSPS) is 29.5. The second-order valence-electron chi connectivity index (χ2n) is 5.60. The van der Waals surface area contributed by atoms with Crippen LogP contribution in [0.15, 0.2) is 0 Å². The van der Waals surface area contributed by atoms with Gasteiger partial charge in [0.25, 0.3) is 0 Å². The Morgan fingerprint density at radius 3 is 2.53 bits per heavy atom. The highest BCUT2D eigenvalue weighted by Gasteiger charge is 2.46. The molecule has 0 unspecified atom stereocenters. The van der Waals surface area contributed by atoms with Crippen LogP contribution in [0.25, 0.3) is 0 Å². The van der Waals surface area contributed by atoms with Gasteiger partial charge in [-0.25, -0.2) is 8.42 Å². The Bertz CT molecular complexity index is 418. The van der Waals surface area contributed by atoms with Crippen LogP contribution in [0.3, 0.4) is 0 Å². The average Bonchev–Trinajstić information content (AvgIpc) is 2.73. The van der Waals surface area contributed by atoms with E-state index in [1.165, 1.54) is 13.8 Å². The largest absolute Gasteiger partial charge is 0.339 e. The van der Waals surface area contributed by atoms with Gasteiger partial charge in [0.1, 0.15) is 4.75 Å². The van der Waals surface area contributed by atoms with E-state index in [1.54, 1.807) is 4.90 Å². The number of carbonyl (C=O) groups is 1. The van der Waals surface area contributed by atoms with Crippen molar-refractivity contribution in [3.05, 3.63) is 0 Å². The minimum absolute atomic E-state index is 0.267. The Labute approximate surface area is 102 Å². The number of hydrogen-bond donors (Lipinski definition) is 1. The first-order chi connectivity index (χ1) is 7.73. The van der Waals surface area contributed by atoms with Crippen LogP contribution in [0.5, 0.6) is 0 Å². The van der Waals surface area contributed by atoms with E-state index in [0.29, 0.717) is 25.0 Å². The van der Waals surface area contributed by atoms with Crippen LogP contribution >= 0.6 is 0 Å². The van der Waals surface area contributed by atoms with E-state index in [9.17, 15) is 13.2 Å². The highest BCUT2D eigenvalue weighted by molar-refractivity contribution is 7.92. The van der Waals surface area contributed by atoms with Crippen LogP contribution in [0.2, 0.25) is 0 Å². The quantitative estimate of drug-likeness (QED) is 0.735. The van der Waals surface area contributed by atoms with E-state index in [4.69, 9.17) is 0 Å². The van der Waals surface area contributed by atoms with Crippen LogP contribution in [0, 0.1) is 5.92 Å². The van der Waals surface area contributed by atoms with E-state index < -0.39 is 14.6 Å². The van der Waals surface area contributed by atoms with Crippen molar-refractivity contribution in [2.75, 3.05) is 25.9 Å². The van der Waals surface area contributed by atoms with E-state index in [1.807, 2.05) is 0 Å². The molecule has 98 valence electrons. The molecule has 2 aliphatic heterocycles. The molecule has 2 aliphatic rings. The number of carbonyl (C=O) groups excluding carboxylic acids is 1. The number of likely N-dealkylation sites (tertiary alicyclic amines) is 1. The fraction of sp³-hybridized carbons (Fsp3) is 0.909. The molecule has 17 heavy (non-hydrogen) atoms. The van der Waals surface area contributed by atoms with Crippen molar-refractivity contribution >= 4 is 15.7 Å². The van der Waals surface area contributed by atoms with E-state index >= 15 is 0 Å². The van der Waals surface area contributed by atoms with Crippen molar-refractivity contribution in [2.24, 2.45) is 5.92 Å². The van der Waals surface area contributed by atoms with Crippen LogP contribution in [0.4, 0.5) is 0 Å². The molecule has 2 rings (SSSR count). The Hall–Kier alpha value is -0.620. The minimum atomic E-state index is -3.37. The first-order valence-electron chi connectivity index (χ1n) is 5.96. The summed E-state index contributed by atoms with van der Waals surface area (Å²) in [6.07, 6.45) is 2.20.